The number of hydrogen-bond donors (Lipinski definition) is 4. The van der Waals surface area contributed by atoms with Gasteiger partial charge in [-0.3, -0.25) is 14.4 Å². The number of fused-ring (bicyclic) bond motifs is 1. The van der Waals surface area contributed by atoms with Crippen LogP contribution in [0.15, 0.2) is 0 Å². The van der Waals surface area contributed by atoms with Crippen LogP contribution in [0.25, 0.3) is 0 Å². The number of hydrogen-bond acceptors (Lipinski definition) is 6. The molecule has 12 saturated carbocycles. The molecule has 12 heteroatoms. The van der Waals surface area contributed by atoms with Gasteiger partial charge in [-0.05, 0) is 148 Å². The van der Waals surface area contributed by atoms with E-state index in [1.807, 2.05) is 20.8 Å². The highest BCUT2D eigenvalue weighted by Crippen LogP contribution is 2.76. The fourth-order valence-electron chi connectivity index (χ4n) is 12.2. The van der Waals surface area contributed by atoms with Crippen LogP contribution in [-0.2, 0) is 19.1 Å². The van der Waals surface area contributed by atoms with Crippen molar-refractivity contribution in [2.45, 2.75) is 223 Å². The van der Waals surface area contributed by atoms with Crippen molar-refractivity contribution in [1.29, 1.82) is 0 Å². The predicted molar refractivity (Wildman–Crippen MR) is 225 cm³/mol. The van der Waals surface area contributed by atoms with Crippen LogP contribution in [-0.4, -0.2) is 57.8 Å². The molecule has 12 fully saturated rings. The van der Waals surface area contributed by atoms with Crippen molar-refractivity contribution in [1.82, 2.24) is 10.6 Å². The van der Waals surface area contributed by atoms with Crippen LogP contribution in [0.3, 0.4) is 0 Å². The number of carboxylic acid groups (broad SMARTS) is 1. The summed E-state index contributed by atoms with van der Waals surface area (Å²) in [6.07, 6.45) is 8.66. The van der Waals surface area contributed by atoms with Gasteiger partial charge in [-0.2, -0.15) is 13.2 Å². The number of carboxylic acids is 1. The van der Waals surface area contributed by atoms with E-state index in [2.05, 4.69) is 93.7 Å². The Labute approximate surface area is 353 Å². The smallest absolute Gasteiger partial charge is 0.446 e. The van der Waals surface area contributed by atoms with Crippen LogP contribution in [0.5, 0.6) is 0 Å². The number of aldehydes is 1. The highest BCUT2D eigenvalue weighted by Gasteiger charge is 2.73. The molecule has 0 spiro atoms. The summed E-state index contributed by atoms with van der Waals surface area (Å²) in [6.45, 7) is 34.8. The molecule has 0 aromatic carbocycles. The van der Waals surface area contributed by atoms with E-state index in [0.29, 0.717) is 37.9 Å². The van der Waals surface area contributed by atoms with Gasteiger partial charge in [0.2, 0.25) is 12.2 Å². The lowest BCUT2D eigenvalue weighted by Crippen LogP contribution is -2.78. The highest BCUT2D eigenvalue weighted by atomic mass is 19.4. The number of nitrogens with one attached hydrogen (secondary N) is 2. The van der Waals surface area contributed by atoms with Gasteiger partial charge in [0.15, 0.2) is 0 Å². The molecule has 12 rings (SSSR count). The molecule has 0 aliphatic heterocycles. The first-order valence-electron chi connectivity index (χ1n) is 21.9. The molecule has 0 radical (unpaired) electrons. The Morgan fingerprint density at radius 3 is 1.10 bits per heavy atom. The van der Waals surface area contributed by atoms with Crippen molar-refractivity contribution in [2.24, 2.45) is 54.5 Å². The number of alkyl carbamates (subject to hydrolysis) is 1. The van der Waals surface area contributed by atoms with E-state index in [1.54, 1.807) is 6.92 Å². The first kappa shape index (κ1) is 49.3. The molecule has 5 N–H and O–H groups in total. The molecule has 12 aliphatic carbocycles. The van der Waals surface area contributed by atoms with Crippen LogP contribution in [0, 0.1) is 48.7 Å². The molecule has 0 heterocycles. The Morgan fingerprint density at radius 2 is 0.898 bits per heavy atom. The van der Waals surface area contributed by atoms with E-state index in [4.69, 9.17) is 20.4 Å². The van der Waals surface area contributed by atoms with E-state index in [-0.39, 0.29) is 39.4 Å². The average Bonchev–Trinajstić information content (AvgIpc) is 3.46. The molecule has 0 aromatic heterocycles. The molecular formula is C47H80F3N3O6. The van der Waals surface area contributed by atoms with Gasteiger partial charge in [-0.15, -0.1) is 0 Å². The number of carbonyl (C=O) groups is 4. The summed E-state index contributed by atoms with van der Waals surface area (Å²) < 4.78 is 36.6. The summed E-state index contributed by atoms with van der Waals surface area (Å²) in [5.41, 5.74) is 9.29. The summed E-state index contributed by atoms with van der Waals surface area (Å²) in [5.74, 6) is -0.438. The fourth-order valence-corrected chi connectivity index (χ4v) is 12.2. The van der Waals surface area contributed by atoms with Gasteiger partial charge in [0.1, 0.15) is 5.60 Å². The standard InChI is InChI=1S/C14H25NO2.C11H19NO.C11H18O2.C9H17N.C2HF3O/c1-11(2,3)13-7-14(8-13,9-13)15-10(16)17-12(4,5)6;1-8(13)12-11-5-10(6-11,7-11)9(2,3)4;1-9(2,3)11-5-4-10(6-11,7-11)8(12)13;1-7(2,3)8-4-9(10,5-8)6-8;3-2(4,5)1-6/h7-9H2,1-6H3,(H,15,16);5-7H2,1-4H3,(H,12,13);4-7H2,1-3H3,(H,12,13);4-6,10H2,1-3H3;1H. The van der Waals surface area contributed by atoms with Crippen molar-refractivity contribution in [2.75, 3.05) is 0 Å². The Kier molecular flexibility index (Phi) is 12.0. The van der Waals surface area contributed by atoms with Crippen LogP contribution in [0.4, 0.5) is 18.0 Å². The molecule has 12 aliphatic rings. The lowest BCUT2D eigenvalue weighted by atomic mass is 9.33. The second kappa shape index (κ2) is 14.3. The Morgan fingerprint density at radius 1 is 0.576 bits per heavy atom. The Balaban J connectivity index is 0.000000168. The summed E-state index contributed by atoms with van der Waals surface area (Å²) in [7, 11) is 0. The minimum Gasteiger partial charge on any atom is -0.481 e. The molecule has 59 heavy (non-hydrogen) atoms. The summed E-state index contributed by atoms with van der Waals surface area (Å²) in [6, 6.07) is 0. The Bertz CT molecular complexity index is 1580. The van der Waals surface area contributed by atoms with Crippen LogP contribution in [0.1, 0.15) is 194 Å². The second-order valence-electron chi connectivity index (χ2n) is 26.0. The number of ether oxygens (including phenoxy) is 1. The summed E-state index contributed by atoms with van der Waals surface area (Å²) in [5, 5.41) is 15.2. The maximum atomic E-state index is 11.7. The van der Waals surface area contributed by atoms with Crippen LogP contribution in [0.2, 0.25) is 0 Å². The molecular weight excluding hydrogens is 760 g/mol. The molecule has 2 amide bonds. The SMILES string of the molecule is CC(=O)NC12CC(C(C)(C)C)(C1)C2.CC(C)(C)C12CC(N)(C1)C2.CC(C)(C)C12CCC(C(=O)O)(C1)C2.CC(C)(C)OC(=O)NC12CC(C(C)(C)C)(C1)C2.O=CC(F)(F)F. The van der Waals surface area contributed by atoms with Gasteiger partial charge in [-0.1, -0.05) is 83.1 Å². The maximum absolute atomic E-state index is 11.7. The molecule has 0 unspecified atom stereocenters. The first-order chi connectivity index (χ1) is 26.0. The van der Waals surface area contributed by atoms with E-state index in [0.717, 1.165) is 44.9 Å². The zero-order valence-corrected chi connectivity index (χ0v) is 39.5. The van der Waals surface area contributed by atoms with Crippen molar-refractivity contribution < 1.29 is 42.2 Å². The second-order valence-corrected chi connectivity index (χ2v) is 26.0. The van der Waals surface area contributed by atoms with Crippen molar-refractivity contribution in [3.05, 3.63) is 0 Å². The minimum absolute atomic E-state index is 0.0512. The largest absolute Gasteiger partial charge is 0.481 e. The normalized spacial score (nSPS) is 38.8. The zero-order valence-electron chi connectivity index (χ0n) is 39.5. The van der Waals surface area contributed by atoms with Gasteiger partial charge in [0.25, 0.3) is 0 Å². The minimum atomic E-state index is -4.64. The number of rotatable bonds is 3. The van der Waals surface area contributed by atoms with E-state index < -0.39 is 24.0 Å². The molecule has 0 atom stereocenters. The van der Waals surface area contributed by atoms with E-state index in [9.17, 15) is 27.6 Å². The number of nitrogens with two attached hydrogens (primary N) is 1. The predicted octanol–water partition coefficient (Wildman–Crippen LogP) is 10.9. The fraction of sp³-hybridized carbons (Fsp3) is 0.915. The van der Waals surface area contributed by atoms with Gasteiger partial charge in [-0.25, -0.2) is 4.79 Å². The topological polar surface area (TPSA) is 148 Å². The number of carbonyl (C=O) groups excluding carboxylic acids is 3. The lowest BCUT2D eigenvalue weighted by molar-refractivity contribution is -0.216. The number of alkyl halides is 3. The third-order valence-electron chi connectivity index (χ3n) is 16.7. The van der Waals surface area contributed by atoms with E-state index >= 15 is 0 Å². The van der Waals surface area contributed by atoms with Crippen molar-refractivity contribution >= 4 is 24.3 Å². The van der Waals surface area contributed by atoms with Crippen LogP contribution < -0.4 is 16.4 Å². The summed E-state index contributed by atoms with van der Waals surface area (Å²) in [4.78, 5) is 42.4. The van der Waals surface area contributed by atoms with Gasteiger partial charge in [0, 0.05) is 23.5 Å². The van der Waals surface area contributed by atoms with Crippen molar-refractivity contribution in [3.8, 4) is 0 Å². The van der Waals surface area contributed by atoms with Crippen LogP contribution >= 0.6 is 0 Å². The van der Waals surface area contributed by atoms with Gasteiger partial charge in [0.05, 0.1) is 5.41 Å². The van der Waals surface area contributed by atoms with Crippen molar-refractivity contribution in [3.63, 3.8) is 0 Å². The van der Waals surface area contributed by atoms with Gasteiger partial charge >= 0.3 is 18.2 Å². The molecule has 0 saturated heterocycles. The lowest BCUT2D eigenvalue weighted by Gasteiger charge is -2.75. The molecule has 8 bridgehead atoms. The maximum Gasteiger partial charge on any atom is 0.446 e. The first-order valence-corrected chi connectivity index (χ1v) is 21.9. The third-order valence-corrected chi connectivity index (χ3v) is 16.7. The zero-order chi connectivity index (χ0) is 45.8. The Hall–Kier alpha value is -2.37. The molecule has 0 aromatic rings. The monoisotopic (exact) mass is 840 g/mol. The van der Waals surface area contributed by atoms with Gasteiger partial charge < -0.3 is 26.2 Å². The quantitative estimate of drug-likeness (QED) is 0.207. The average molecular weight is 840 g/mol. The number of halogens is 3. The highest BCUT2D eigenvalue weighted by molar-refractivity contribution is 5.77. The molecule has 9 nitrogen and oxygen atoms in total. The third kappa shape index (κ3) is 9.38. The number of amides is 2. The summed E-state index contributed by atoms with van der Waals surface area (Å²) >= 11 is 0. The molecule has 340 valence electrons. The number of aliphatic carboxylic acids is 1. The van der Waals surface area contributed by atoms with E-state index in [1.165, 1.54) is 38.5 Å².